The van der Waals surface area contributed by atoms with Crippen LogP contribution < -0.4 is 4.74 Å². The number of aryl methyl sites for hydroxylation is 2. The van der Waals surface area contributed by atoms with Gasteiger partial charge in [0.05, 0.1) is 35.3 Å². The summed E-state index contributed by atoms with van der Waals surface area (Å²) in [6, 6.07) is 6.92. The number of carbonyl (C=O) groups is 2. The lowest BCUT2D eigenvalue weighted by molar-refractivity contribution is 0.0646. The molecule has 1 aliphatic carbocycles. The molecule has 0 fully saturated rings. The summed E-state index contributed by atoms with van der Waals surface area (Å²) in [4.78, 5) is 34.8. The smallest absolute Gasteiger partial charge is 0.261 e. The minimum atomic E-state index is -0.228. The van der Waals surface area contributed by atoms with E-state index in [4.69, 9.17) is 4.74 Å². The van der Waals surface area contributed by atoms with Crippen molar-refractivity contribution in [2.45, 2.75) is 32.1 Å². The molecule has 0 saturated heterocycles. The van der Waals surface area contributed by atoms with Crippen LogP contribution in [0.25, 0.3) is 0 Å². The highest BCUT2D eigenvalue weighted by atomic mass is 16.5. The molecule has 128 valence electrons. The average molecular weight is 337 g/mol. The number of aromatic nitrogens is 2. The Balaban J connectivity index is 1.32. The van der Waals surface area contributed by atoms with Crippen LogP contribution in [0.2, 0.25) is 0 Å². The first kappa shape index (κ1) is 15.7. The van der Waals surface area contributed by atoms with E-state index in [0.29, 0.717) is 36.6 Å². The van der Waals surface area contributed by atoms with Gasteiger partial charge in [0.25, 0.3) is 11.8 Å². The van der Waals surface area contributed by atoms with Gasteiger partial charge in [-0.25, -0.2) is 4.98 Å². The maximum atomic E-state index is 12.3. The molecule has 0 unspecified atom stereocenters. The van der Waals surface area contributed by atoms with Crippen LogP contribution in [0, 0.1) is 0 Å². The average Bonchev–Trinajstić information content (AvgIpc) is 2.90. The Labute approximate surface area is 145 Å². The van der Waals surface area contributed by atoms with Gasteiger partial charge < -0.3 is 4.74 Å². The first-order valence-corrected chi connectivity index (χ1v) is 8.67. The summed E-state index contributed by atoms with van der Waals surface area (Å²) in [5.41, 5.74) is 3.07. The van der Waals surface area contributed by atoms with E-state index in [0.717, 1.165) is 30.7 Å². The first-order chi connectivity index (χ1) is 12.2. The zero-order chi connectivity index (χ0) is 17.2. The molecule has 2 heterocycles. The van der Waals surface area contributed by atoms with Gasteiger partial charge in [0.1, 0.15) is 0 Å². The molecule has 0 bridgehead atoms. The van der Waals surface area contributed by atoms with Crippen molar-refractivity contribution in [3.8, 4) is 5.88 Å². The molecule has 6 heteroatoms. The van der Waals surface area contributed by atoms with Gasteiger partial charge in [0.2, 0.25) is 5.88 Å². The SMILES string of the molecule is O=C1c2ccccc2C(=O)N1CCCOc1cnc2c(n1)CCCC2. The Kier molecular flexibility index (Phi) is 4.17. The quantitative estimate of drug-likeness (QED) is 0.619. The summed E-state index contributed by atoms with van der Waals surface area (Å²) in [6.45, 7) is 0.728. The molecule has 0 N–H and O–H groups in total. The Hall–Kier alpha value is -2.76. The zero-order valence-electron chi connectivity index (χ0n) is 13.9. The van der Waals surface area contributed by atoms with Crippen molar-refractivity contribution in [2.75, 3.05) is 13.2 Å². The van der Waals surface area contributed by atoms with Crippen molar-refractivity contribution in [2.24, 2.45) is 0 Å². The Morgan fingerprint density at radius 3 is 2.40 bits per heavy atom. The number of ether oxygens (including phenoxy) is 1. The number of carbonyl (C=O) groups excluding carboxylic acids is 2. The van der Waals surface area contributed by atoms with Gasteiger partial charge in [0, 0.05) is 6.54 Å². The van der Waals surface area contributed by atoms with E-state index in [2.05, 4.69) is 9.97 Å². The zero-order valence-corrected chi connectivity index (χ0v) is 13.9. The van der Waals surface area contributed by atoms with Gasteiger partial charge in [0.15, 0.2) is 0 Å². The second-order valence-corrected chi connectivity index (χ2v) is 6.32. The number of amides is 2. The molecule has 1 aromatic heterocycles. The lowest BCUT2D eigenvalue weighted by atomic mass is 10.0. The monoisotopic (exact) mass is 337 g/mol. The first-order valence-electron chi connectivity index (χ1n) is 8.67. The van der Waals surface area contributed by atoms with E-state index in [1.54, 1.807) is 30.5 Å². The van der Waals surface area contributed by atoms with Crippen molar-refractivity contribution in [3.05, 3.63) is 53.0 Å². The number of fused-ring (bicyclic) bond motifs is 2. The second kappa shape index (κ2) is 6.63. The highest BCUT2D eigenvalue weighted by Gasteiger charge is 2.34. The van der Waals surface area contributed by atoms with Crippen molar-refractivity contribution < 1.29 is 14.3 Å². The van der Waals surface area contributed by atoms with Crippen LogP contribution in [0.1, 0.15) is 51.4 Å². The Morgan fingerprint density at radius 1 is 1.00 bits per heavy atom. The van der Waals surface area contributed by atoms with Crippen LogP contribution in [0.5, 0.6) is 5.88 Å². The molecular formula is C19H19N3O3. The molecule has 2 amide bonds. The van der Waals surface area contributed by atoms with E-state index in [1.807, 2.05) is 0 Å². The molecule has 2 aliphatic rings. The number of imide groups is 1. The van der Waals surface area contributed by atoms with E-state index in [-0.39, 0.29) is 11.8 Å². The van der Waals surface area contributed by atoms with Crippen molar-refractivity contribution in [3.63, 3.8) is 0 Å². The molecule has 6 nitrogen and oxygen atoms in total. The van der Waals surface area contributed by atoms with E-state index >= 15 is 0 Å². The maximum Gasteiger partial charge on any atom is 0.261 e. The number of benzene rings is 1. The fourth-order valence-electron chi connectivity index (χ4n) is 3.34. The maximum absolute atomic E-state index is 12.3. The third-order valence-electron chi connectivity index (χ3n) is 4.64. The topological polar surface area (TPSA) is 72.4 Å². The lowest BCUT2D eigenvalue weighted by Gasteiger charge is -2.15. The van der Waals surface area contributed by atoms with Gasteiger partial charge in [-0.2, -0.15) is 0 Å². The summed E-state index contributed by atoms with van der Waals surface area (Å²) in [7, 11) is 0. The van der Waals surface area contributed by atoms with Gasteiger partial charge in [-0.1, -0.05) is 12.1 Å². The number of rotatable bonds is 5. The largest absolute Gasteiger partial charge is 0.476 e. The van der Waals surface area contributed by atoms with Crippen molar-refractivity contribution >= 4 is 11.8 Å². The van der Waals surface area contributed by atoms with Crippen LogP contribution in [0.15, 0.2) is 30.5 Å². The molecular weight excluding hydrogens is 318 g/mol. The van der Waals surface area contributed by atoms with E-state index in [9.17, 15) is 9.59 Å². The molecule has 1 aliphatic heterocycles. The predicted octanol–water partition coefficient (Wildman–Crippen LogP) is 2.42. The second-order valence-electron chi connectivity index (χ2n) is 6.32. The fraction of sp³-hybridized carbons (Fsp3) is 0.368. The molecule has 0 spiro atoms. The van der Waals surface area contributed by atoms with Crippen LogP contribution >= 0.6 is 0 Å². The fourth-order valence-corrected chi connectivity index (χ4v) is 3.34. The van der Waals surface area contributed by atoms with E-state index < -0.39 is 0 Å². The summed E-state index contributed by atoms with van der Waals surface area (Å²) < 4.78 is 5.66. The predicted molar refractivity (Wildman–Crippen MR) is 90.6 cm³/mol. The van der Waals surface area contributed by atoms with Gasteiger partial charge in [-0.3, -0.25) is 19.5 Å². The molecule has 4 rings (SSSR count). The highest BCUT2D eigenvalue weighted by Crippen LogP contribution is 2.23. The Morgan fingerprint density at radius 2 is 1.68 bits per heavy atom. The molecule has 25 heavy (non-hydrogen) atoms. The molecule has 0 saturated carbocycles. The van der Waals surface area contributed by atoms with Crippen LogP contribution in [-0.2, 0) is 12.8 Å². The minimum Gasteiger partial charge on any atom is -0.476 e. The lowest BCUT2D eigenvalue weighted by Crippen LogP contribution is -2.31. The third kappa shape index (κ3) is 2.99. The Bertz CT molecular complexity index is 799. The van der Waals surface area contributed by atoms with Gasteiger partial charge in [-0.05, 0) is 44.2 Å². The molecule has 0 atom stereocenters. The molecule has 1 aromatic carbocycles. The van der Waals surface area contributed by atoms with Gasteiger partial charge in [-0.15, -0.1) is 0 Å². The van der Waals surface area contributed by atoms with Crippen LogP contribution in [-0.4, -0.2) is 39.8 Å². The van der Waals surface area contributed by atoms with E-state index in [1.165, 1.54) is 11.3 Å². The van der Waals surface area contributed by atoms with Crippen LogP contribution in [0.3, 0.4) is 0 Å². The summed E-state index contributed by atoms with van der Waals surface area (Å²) in [5.74, 6) is 0.0614. The van der Waals surface area contributed by atoms with Crippen LogP contribution in [0.4, 0.5) is 0 Å². The third-order valence-corrected chi connectivity index (χ3v) is 4.64. The molecule has 2 aromatic rings. The molecule has 0 radical (unpaired) electrons. The summed E-state index contributed by atoms with van der Waals surface area (Å²) in [5, 5.41) is 0. The number of nitrogens with zero attached hydrogens (tertiary/aromatic N) is 3. The minimum absolute atomic E-state index is 0.228. The van der Waals surface area contributed by atoms with Crippen molar-refractivity contribution in [1.82, 2.24) is 14.9 Å². The summed E-state index contributed by atoms with van der Waals surface area (Å²) >= 11 is 0. The normalized spacial score (nSPS) is 15.9. The number of hydrogen-bond acceptors (Lipinski definition) is 5. The van der Waals surface area contributed by atoms with Crippen molar-refractivity contribution in [1.29, 1.82) is 0 Å². The standard InChI is InChI=1S/C19H19N3O3/c23-18-13-6-1-2-7-14(13)19(24)22(18)10-5-11-25-17-12-20-15-8-3-4-9-16(15)21-17/h1-2,6-7,12H,3-5,8-11H2. The number of hydrogen-bond donors (Lipinski definition) is 0. The van der Waals surface area contributed by atoms with Gasteiger partial charge >= 0.3 is 0 Å². The highest BCUT2D eigenvalue weighted by molar-refractivity contribution is 6.21. The summed E-state index contributed by atoms with van der Waals surface area (Å²) in [6.07, 6.45) is 6.47.